The number of nitrogens with zero attached hydrogens (tertiary/aromatic N) is 2. The number of ether oxygens (including phenoxy) is 1. The highest BCUT2D eigenvalue weighted by atomic mass is 35.5. The summed E-state index contributed by atoms with van der Waals surface area (Å²) >= 11 is 6.06. The lowest BCUT2D eigenvalue weighted by atomic mass is 10.1. The molecule has 0 radical (unpaired) electrons. The van der Waals surface area contributed by atoms with Gasteiger partial charge in [0.2, 0.25) is 0 Å². The molecule has 122 valence electrons. The fourth-order valence-electron chi connectivity index (χ4n) is 2.30. The molecule has 1 saturated carbocycles. The van der Waals surface area contributed by atoms with Crippen molar-refractivity contribution >= 4 is 23.4 Å². The molecule has 0 bridgehead atoms. The van der Waals surface area contributed by atoms with Gasteiger partial charge in [0.15, 0.2) is 5.69 Å². The molecule has 1 atom stereocenters. The van der Waals surface area contributed by atoms with E-state index in [2.05, 4.69) is 16.9 Å². The summed E-state index contributed by atoms with van der Waals surface area (Å²) in [5, 5.41) is 0.0904. The van der Waals surface area contributed by atoms with E-state index in [9.17, 15) is 4.79 Å². The van der Waals surface area contributed by atoms with E-state index in [1.165, 1.54) is 12.8 Å². The van der Waals surface area contributed by atoms with Crippen LogP contribution in [0.3, 0.4) is 0 Å². The summed E-state index contributed by atoms with van der Waals surface area (Å²) < 4.78 is 5.44. The molecule has 0 aromatic carbocycles. The summed E-state index contributed by atoms with van der Waals surface area (Å²) in [6.07, 6.45) is 7.36. The van der Waals surface area contributed by atoms with Crippen LogP contribution in [-0.2, 0) is 4.74 Å². The van der Waals surface area contributed by atoms with Gasteiger partial charge in [-0.15, -0.1) is 0 Å². The molecule has 0 amide bonds. The van der Waals surface area contributed by atoms with Crippen LogP contribution >= 0.6 is 11.6 Å². The first-order chi connectivity index (χ1) is 10.5. The lowest BCUT2D eigenvalue weighted by Gasteiger charge is -2.14. The number of hydrogen-bond acceptors (Lipinski definition) is 5. The Hall–Kier alpha value is -1.36. The first-order valence-electron chi connectivity index (χ1n) is 8.06. The maximum Gasteiger partial charge on any atom is 0.358 e. The Bertz CT molecular complexity index is 532. The highest BCUT2D eigenvalue weighted by Crippen LogP contribution is 2.39. The summed E-state index contributed by atoms with van der Waals surface area (Å²) in [5.74, 6) is 0.548. The number of aromatic nitrogens is 2. The van der Waals surface area contributed by atoms with E-state index in [4.69, 9.17) is 22.1 Å². The van der Waals surface area contributed by atoms with E-state index in [1.807, 2.05) is 6.92 Å². The Morgan fingerprint density at radius 2 is 2.09 bits per heavy atom. The number of unbranched alkanes of at least 4 members (excludes halogenated alkanes) is 3. The van der Waals surface area contributed by atoms with Crippen molar-refractivity contribution in [2.24, 2.45) is 0 Å². The van der Waals surface area contributed by atoms with Crippen molar-refractivity contribution in [1.29, 1.82) is 0 Å². The van der Waals surface area contributed by atoms with Crippen LogP contribution in [0.1, 0.15) is 81.0 Å². The van der Waals surface area contributed by atoms with E-state index in [-0.39, 0.29) is 22.6 Å². The van der Waals surface area contributed by atoms with Gasteiger partial charge in [-0.25, -0.2) is 14.8 Å². The Morgan fingerprint density at radius 3 is 2.73 bits per heavy atom. The molecule has 1 aliphatic rings. The number of nitrogens with two attached hydrogens (primary N) is 1. The third-order valence-corrected chi connectivity index (χ3v) is 4.18. The van der Waals surface area contributed by atoms with Crippen LogP contribution in [-0.4, -0.2) is 22.0 Å². The van der Waals surface area contributed by atoms with Gasteiger partial charge in [-0.3, -0.25) is 0 Å². The van der Waals surface area contributed by atoms with Crippen molar-refractivity contribution in [3.05, 3.63) is 16.5 Å². The molecule has 0 saturated heterocycles. The number of halogens is 1. The molecule has 1 fully saturated rings. The molecular weight excluding hydrogens is 302 g/mol. The number of carbonyl (C=O) groups is 1. The van der Waals surface area contributed by atoms with Gasteiger partial charge in [-0.2, -0.15) is 0 Å². The number of carbonyl (C=O) groups excluding carboxylic acids is 1. The molecule has 2 rings (SSSR count). The molecule has 1 heterocycles. The first-order valence-corrected chi connectivity index (χ1v) is 8.44. The largest absolute Gasteiger partial charge is 0.458 e. The van der Waals surface area contributed by atoms with Gasteiger partial charge in [0.25, 0.3) is 0 Å². The van der Waals surface area contributed by atoms with Crippen molar-refractivity contribution in [3.63, 3.8) is 0 Å². The second kappa shape index (κ2) is 7.77. The van der Waals surface area contributed by atoms with E-state index >= 15 is 0 Å². The minimum Gasteiger partial charge on any atom is -0.458 e. The van der Waals surface area contributed by atoms with Crippen molar-refractivity contribution < 1.29 is 9.53 Å². The number of rotatable bonds is 8. The molecule has 1 aromatic rings. The topological polar surface area (TPSA) is 78.1 Å². The van der Waals surface area contributed by atoms with Crippen LogP contribution in [0, 0.1) is 0 Å². The van der Waals surface area contributed by atoms with E-state index in [0.717, 1.165) is 32.1 Å². The Labute approximate surface area is 136 Å². The number of hydrogen-bond donors (Lipinski definition) is 1. The molecule has 1 aromatic heterocycles. The molecular formula is C16H24ClN3O2. The highest BCUT2D eigenvalue weighted by molar-refractivity contribution is 6.35. The zero-order valence-electron chi connectivity index (χ0n) is 13.3. The maximum atomic E-state index is 12.3. The van der Waals surface area contributed by atoms with Crippen molar-refractivity contribution in [1.82, 2.24) is 9.97 Å². The summed E-state index contributed by atoms with van der Waals surface area (Å²) in [5.41, 5.74) is 5.87. The third-order valence-electron chi connectivity index (χ3n) is 3.80. The van der Waals surface area contributed by atoms with Gasteiger partial charge >= 0.3 is 5.97 Å². The zero-order valence-corrected chi connectivity index (χ0v) is 14.0. The molecule has 2 N–H and O–H groups in total. The molecule has 5 nitrogen and oxygen atoms in total. The van der Waals surface area contributed by atoms with Crippen LogP contribution in [0.2, 0.25) is 5.02 Å². The van der Waals surface area contributed by atoms with Gasteiger partial charge in [0.1, 0.15) is 16.7 Å². The average molecular weight is 326 g/mol. The zero-order chi connectivity index (χ0) is 16.1. The fourth-order valence-corrected chi connectivity index (χ4v) is 2.46. The van der Waals surface area contributed by atoms with Crippen LogP contribution in [0.4, 0.5) is 5.82 Å². The van der Waals surface area contributed by atoms with Crippen LogP contribution in [0.25, 0.3) is 0 Å². The second-order valence-electron chi connectivity index (χ2n) is 5.97. The molecule has 0 aliphatic heterocycles. The van der Waals surface area contributed by atoms with Crippen LogP contribution < -0.4 is 5.73 Å². The monoisotopic (exact) mass is 325 g/mol. The predicted molar refractivity (Wildman–Crippen MR) is 87.1 cm³/mol. The summed E-state index contributed by atoms with van der Waals surface area (Å²) in [4.78, 5) is 20.7. The molecule has 1 aliphatic carbocycles. The average Bonchev–Trinajstić information content (AvgIpc) is 3.31. The van der Waals surface area contributed by atoms with Crippen molar-refractivity contribution in [2.75, 3.05) is 5.73 Å². The van der Waals surface area contributed by atoms with Gasteiger partial charge in [0, 0.05) is 5.92 Å². The first kappa shape index (κ1) is 17.0. The second-order valence-corrected chi connectivity index (χ2v) is 6.35. The lowest BCUT2D eigenvalue weighted by Crippen LogP contribution is -2.18. The quantitative estimate of drug-likeness (QED) is 0.575. The fraction of sp³-hybridized carbons (Fsp3) is 0.688. The van der Waals surface area contributed by atoms with Gasteiger partial charge in [-0.1, -0.05) is 37.8 Å². The Balaban J connectivity index is 1.96. The van der Waals surface area contributed by atoms with Crippen LogP contribution in [0.5, 0.6) is 0 Å². The van der Waals surface area contributed by atoms with Crippen molar-refractivity contribution in [3.8, 4) is 0 Å². The Kier molecular flexibility index (Phi) is 6.00. The van der Waals surface area contributed by atoms with Crippen LogP contribution in [0.15, 0.2) is 0 Å². The summed E-state index contributed by atoms with van der Waals surface area (Å²) in [7, 11) is 0. The minimum absolute atomic E-state index is 0.0904. The smallest absolute Gasteiger partial charge is 0.358 e. The van der Waals surface area contributed by atoms with E-state index in [1.54, 1.807) is 0 Å². The standard InChI is InChI=1S/C16H24ClN3O2/c1-3-4-5-6-7-10(2)22-16(21)13-12(17)14(18)20-15(19-13)11-8-9-11/h10-11H,3-9H2,1-2H3,(H2,18,19,20). The lowest BCUT2D eigenvalue weighted by molar-refractivity contribution is 0.0312. The number of esters is 1. The Morgan fingerprint density at radius 1 is 1.36 bits per heavy atom. The van der Waals surface area contributed by atoms with E-state index in [0.29, 0.717) is 11.7 Å². The molecule has 6 heteroatoms. The van der Waals surface area contributed by atoms with E-state index < -0.39 is 5.97 Å². The highest BCUT2D eigenvalue weighted by Gasteiger charge is 2.30. The van der Waals surface area contributed by atoms with Gasteiger partial charge < -0.3 is 10.5 Å². The molecule has 22 heavy (non-hydrogen) atoms. The molecule has 1 unspecified atom stereocenters. The van der Waals surface area contributed by atoms with Gasteiger partial charge in [0.05, 0.1) is 6.10 Å². The number of anilines is 1. The third kappa shape index (κ3) is 4.57. The summed E-state index contributed by atoms with van der Waals surface area (Å²) in [6.45, 7) is 4.06. The SMILES string of the molecule is CCCCCCC(C)OC(=O)c1nc(C2CC2)nc(N)c1Cl. The maximum absolute atomic E-state index is 12.3. The summed E-state index contributed by atoms with van der Waals surface area (Å²) in [6, 6.07) is 0. The predicted octanol–water partition coefficient (Wildman–Crippen LogP) is 4.11. The minimum atomic E-state index is -0.510. The van der Waals surface area contributed by atoms with Gasteiger partial charge in [-0.05, 0) is 32.6 Å². The molecule has 0 spiro atoms. The number of nitrogen functional groups attached to an aromatic ring is 1. The normalized spacial score (nSPS) is 15.6. The van der Waals surface area contributed by atoms with Crippen molar-refractivity contribution in [2.45, 2.75) is 70.8 Å².